The Hall–Kier alpha value is -7.18. The second kappa shape index (κ2) is 13.6. The van der Waals surface area contributed by atoms with Crippen LogP contribution in [0.1, 0.15) is 0 Å². The maximum Gasteiger partial charge on any atom is 0.164 e. The van der Waals surface area contributed by atoms with Crippen molar-refractivity contribution in [2.75, 3.05) is 0 Å². The number of hydrogen-bond acceptors (Lipinski definition) is 6. The Balaban J connectivity index is 1.16. The Morgan fingerprint density at radius 3 is 0.904 bits per heavy atom. The highest BCUT2D eigenvalue weighted by Crippen LogP contribution is 2.37. The monoisotopic (exact) mass is 666 g/mol. The molecule has 7 aromatic carbocycles. The van der Waals surface area contributed by atoms with Gasteiger partial charge in [0.05, 0.1) is 0 Å². The molecule has 0 atom stereocenters. The Kier molecular flexibility index (Phi) is 8.08. The first kappa shape index (κ1) is 30.8. The number of fused-ring (bicyclic) bond motifs is 1. The molecule has 0 aliphatic rings. The summed E-state index contributed by atoms with van der Waals surface area (Å²) in [4.78, 5) is 29.7. The first-order valence-corrected chi connectivity index (χ1v) is 17.1. The molecule has 52 heavy (non-hydrogen) atoms. The van der Waals surface area contributed by atoms with E-state index in [2.05, 4.69) is 60.7 Å². The molecule has 0 bridgehead atoms. The quantitative estimate of drug-likeness (QED) is 0.168. The SMILES string of the molecule is c1ccc(-c2nc(-c3ccccc3)nc(-c3ccc(-c4cccc5cccc(-c6nc(-c7ccccc7)nc(-c7ccccc7)n6)c45)cc3)n2)cc1. The predicted molar refractivity (Wildman–Crippen MR) is 209 cm³/mol. The molecule has 0 saturated heterocycles. The molecule has 6 nitrogen and oxygen atoms in total. The molecule has 9 rings (SSSR count). The third kappa shape index (κ3) is 6.10. The fraction of sp³-hybridized carbons (Fsp3) is 0. The molecule has 2 aromatic heterocycles. The maximum absolute atomic E-state index is 5.06. The Morgan fingerprint density at radius 1 is 0.212 bits per heavy atom. The molecule has 0 radical (unpaired) electrons. The van der Waals surface area contributed by atoms with E-state index < -0.39 is 0 Å². The Morgan fingerprint density at radius 2 is 0.519 bits per heavy atom. The highest BCUT2D eigenvalue weighted by Gasteiger charge is 2.17. The summed E-state index contributed by atoms with van der Waals surface area (Å²) in [6.07, 6.45) is 0. The van der Waals surface area contributed by atoms with Crippen LogP contribution in [0.2, 0.25) is 0 Å². The molecule has 0 aliphatic heterocycles. The molecule has 0 unspecified atom stereocenters. The van der Waals surface area contributed by atoms with Gasteiger partial charge in [-0.3, -0.25) is 0 Å². The molecule has 0 aliphatic carbocycles. The van der Waals surface area contributed by atoms with Crippen LogP contribution in [-0.2, 0) is 0 Å². The van der Waals surface area contributed by atoms with E-state index in [1.54, 1.807) is 0 Å². The van der Waals surface area contributed by atoms with E-state index in [0.29, 0.717) is 34.9 Å². The summed E-state index contributed by atoms with van der Waals surface area (Å²) in [6.45, 7) is 0. The zero-order valence-corrected chi connectivity index (χ0v) is 28.0. The molecule has 0 N–H and O–H groups in total. The van der Waals surface area contributed by atoms with Crippen LogP contribution in [0.15, 0.2) is 182 Å². The maximum atomic E-state index is 5.06. The van der Waals surface area contributed by atoms with Gasteiger partial charge in [-0.25, -0.2) is 29.9 Å². The van der Waals surface area contributed by atoms with Crippen molar-refractivity contribution in [2.45, 2.75) is 0 Å². The summed E-state index contributed by atoms with van der Waals surface area (Å²) in [7, 11) is 0. The minimum absolute atomic E-state index is 0.616. The molecular formula is C46H30N6. The first-order chi connectivity index (χ1) is 25.8. The van der Waals surface area contributed by atoms with Crippen molar-refractivity contribution in [3.63, 3.8) is 0 Å². The lowest BCUT2D eigenvalue weighted by atomic mass is 9.93. The second-order valence-electron chi connectivity index (χ2n) is 12.4. The van der Waals surface area contributed by atoms with Crippen molar-refractivity contribution in [1.29, 1.82) is 0 Å². The van der Waals surface area contributed by atoms with Crippen molar-refractivity contribution in [3.05, 3.63) is 182 Å². The van der Waals surface area contributed by atoms with Gasteiger partial charge >= 0.3 is 0 Å². The van der Waals surface area contributed by atoms with Crippen LogP contribution in [0.3, 0.4) is 0 Å². The predicted octanol–water partition coefficient (Wildman–Crippen LogP) is 10.9. The van der Waals surface area contributed by atoms with Crippen molar-refractivity contribution >= 4 is 10.8 Å². The lowest BCUT2D eigenvalue weighted by molar-refractivity contribution is 1.07. The molecule has 2 heterocycles. The lowest BCUT2D eigenvalue weighted by Crippen LogP contribution is -2.01. The molecule has 0 spiro atoms. The van der Waals surface area contributed by atoms with Gasteiger partial charge in [0.15, 0.2) is 34.9 Å². The fourth-order valence-electron chi connectivity index (χ4n) is 6.43. The zero-order chi connectivity index (χ0) is 34.7. The van der Waals surface area contributed by atoms with Crippen LogP contribution in [0.4, 0.5) is 0 Å². The van der Waals surface area contributed by atoms with Crippen molar-refractivity contribution in [3.8, 4) is 79.5 Å². The van der Waals surface area contributed by atoms with Crippen LogP contribution in [0.5, 0.6) is 0 Å². The molecule has 0 amide bonds. The number of hydrogen-bond donors (Lipinski definition) is 0. The average Bonchev–Trinajstić information content (AvgIpc) is 3.24. The van der Waals surface area contributed by atoms with Gasteiger partial charge in [-0.15, -0.1) is 0 Å². The van der Waals surface area contributed by atoms with E-state index in [0.717, 1.165) is 55.3 Å². The minimum atomic E-state index is 0.616. The van der Waals surface area contributed by atoms with E-state index in [-0.39, 0.29) is 0 Å². The average molecular weight is 667 g/mol. The molecule has 0 saturated carbocycles. The van der Waals surface area contributed by atoms with Crippen LogP contribution < -0.4 is 0 Å². The van der Waals surface area contributed by atoms with E-state index in [9.17, 15) is 0 Å². The highest BCUT2D eigenvalue weighted by molar-refractivity contribution is 6.05. The van der Waals surface area contributed by atoms with E-state index in [1.165, 1.54) is 0 Å². The number of benzene rings is 7. The van der Waals surface area contributed by atoms with Crippen LogP contribution in [0, 0.1) is 0 Å². The zero-order valence-electron chi connectivity index (χ0n) is 28.0. The Bertz CT molecular complexity index is 2530. The van der Waals surface area contributed by atoms with Crippen molar-refractivity contribution in [1.82, 2.24) is 29.9 Å². The summed E-state index contributed by atoms with van der Waals surface area (Å²) >= 11 is 0. The Labute approximate surface area is 301 Å². The van der Waals surface area contributed by atoms with Crippen LogP contribution >= 0.6 is 0 Å². The van der Waals surface area contributed by atoms with Gasteiger partial charge in [0.1, 0.15) is 0 Å². The van der Waals surface area contributed by atoms with Gasteiger partial charge in [0.25, 0.3) is 0 Å². The molecule has 6 heteroatoms. The normalized spacial score (nSPS) is 11.1. The smallest absolute Gasteiger partial charge is 0.164 e. The number of nitrogens with zero attached hydrogens (tertiary/aromatic N) is 6. The summed E-state index contributed by atoms with van der Waals surface area (Å²) in [6, 6.07) is 61.3. The third-order valence-electron chi connectivity index (χ3n) is 9.00. The number of rotatable bonds is 7. The highest BCUT2D eigenvalue weighted by atomic mass is 15.0. The summed E-state index contributed by atoms with van der Waals surface area (Å²) < 4.78 is 0. The minimum Gasteiger partial charge on any atom is -0.208 e. The van der Waals surface area contributed by atoms with Crippen LogP contribution in [-0.4, -0.2) is 29.9 Å². The van der Waals surface area contributed by atoms with Crippen molar-refractivity contribution in [2.24, 2.45) is 0 Å². The standard InChI is InChI=1S/C46H30N6/c1-5-15-33(16-6-1)41-47-42(34-17-7-2-8-18-34)49-45(48-41)37-29-27-31(28-30-37)38-25-13-23-32-24-14-26-39(40(32)38)46-51-43(35-19-9-3-10-20-35)50-44(52-46)36-21-11-4-12-22-36/h1-30H. The van der Waals surface area contributed by atoms with Gasteiger partial charge in [0.2, 0.25) is 0 Å². The number of aromatic nitrogens is 6. The van der Waals surface area contributed by atoms with Gasteiger partial charge < -0.3 is 0 Å². The molecule has 244 valence electrons. The third-order valence-corrected chi connectivity index (χ3v) is 9.00. The van der Waals surface area contributed by atoms with Gasteiger partial charge in [0, 0.05) is 38.8 Å². The van der Waals surface area contributed by atoms with E-state index in [1.807, 2.05) is 121 Å². The van der Waals surface area contributed by atoms with Crippen molar-refractivity contribution < 1.29 is 0 Å². The van der Waals surface area contributed by atoms with Gasteiger partial charge in [-0.2, -0.15) is 0 Å². The fourth-order valence-corrected chi connectivity index (χ4v) is 6.43. The second-order valence-corrected chi connectivity index (χ2v) is 12.4. The summed E-state index contributed by atoms with van der Waals surface area (Å²) in [5.74, 6) is 3.76. The first-order valence-electron chi connectivity index (χ1n) is 17.1. The van der Waals surface area contributed by atoms with Crippen LogP contribution in [0.25, 0.3) is 90.2 Å². The van der Waals surface area contributed by atoms with E-state index >= 15 is 0 Å². The van der Waals surface area contributed by atoms with E-state index in [4.69, 9.17) is 29.9 Å². The summed E-state index contributed by atoms with van der Waals surface area (Å²) in [5, 5.41) is 2.17. The molecular weight excluding hydrogens is 637 g/mol. The molecule has 0 fully saturated rings. The lowest BCUT2D eigenvalue weighted by Gasteiger charge is -2.14. The molecule has 9 aromatic rings. The topological polar surface area (TPSA) is 77.3 Å². The van der Waals surface area contributed by atoms with Gasteiger partial charge in [-0.1, -0.05) is 182 Å². The summed E-state index contributed by atoms with van der Waals surface area (Å²) in [5.41, 5.74) is 7.72. The van der Waals surface area contributed by atoms with Gasteiger partial charge in [-0.05, 0) is 16.5 Å². The largest absolute Gasteiger partial charge is 0.208 e.